The number of hydrogen-bond donors (Lipinski definition) is 2. The lowest BCUT2D eigenvalue weighted by atomic mass is 9.94. The van der Waals surface area contributed by atoms with Gasteiger partial charge in [0.15, 0.2) is 0 Å². The van der Waals surface area contributed by atoms with E-state index < -0.39 is 6.36 Å². The molecule has 2 aromatic carbocycles. The summed E-state index contributed by atoms with van der Waals surface area (Å²) < 4.78 is 46.7. The van der Waals surface area contributed by atoms with Crippen molar-refractivity contribution < 1.29 is 27.8 Å². The lowest BCUT2D eigenvalue weighted by Gasteiger charge is -2.36. The van der Waals surface area contributed by atoms with Gasteiger partial charge in [-0.3, -0.25) is 4.90 Å². The van der Waals surface area contributed by atoms with Crippen LogP contribution in [0.15, 0.2) is 42.5 Å². The predicted molar refractivity (Wildman–Crippen MR) is 109 cm³/mol. The first kappa shape index (κ1) is 25.2. The number of phenols is 1. The first-order chi connectivity index (χ1) is 12.9. The minimum Gasteiger partial charge on any atom is -0.507 e. The molecule has 1 saturated heterocycles. The first-order valence-electron chi connectivity index (χ1n) is 8.55. The number of ether oxygens (including phenoxy) is 2. The average molecular weight is 455 g/mol. The van der Waals surface area contributed by atoms with E-state index in [1.807, 2.05) is 0 Å². The first-order valence-corrected chi connectivity index (χ1v) is 8.55. The molecule has 1 atom stereocenters. The molecular weight excluding hydrogens is 432 g/mol. The van der Waals surface area contributed by atoms with Crippen molar-refractivity contribution in [1.82, 2.24) is 10.2 Å². The topological polar surface area (TPSA) is 54.0 Å². The van der Waals surface area contributed by atoms with Crippen LogP contribution in [0.4, 0.5) is 13.2 Å². The summed E-state index contributed by atoms with van der Waals surface area (Å²) >= 11 is 0. The molecule has 2 N–H and O–H groups in total. The number of nitrogens with one attached hydrogen (secondary N) is 1. The minimum absolute atomic E-state index is 0. The van der Waals surface area contributed by atoms with Crippen molar-refractivity contribution >= 4 is 24.8 Å². The summed E-state index contributed by atoms with van der Waals surface area (Å²) in [6.45, 7) is 3.01. The summed E-state index contributed by atoms with van der Waals surface area (Å²) in [6, 6.07) is 10.4. The number of rotatable bonds is 5. The van der Waals surface area contributed by atoms with Crippen molar-refractivity contribution in [2.24, 2.45) is 0 Å². The molecule has 1 aliphatic rings. The van der Waals surface area contributed by atoms with E-state index in [-0.39, 0.29) is 42.4 Å². The number of alkyl halides is 3. The summed E-state index contributed by atoms with van der Waals surface area (Å²) in [7, 11) is 1.52. The summed E-state index contributed by atoms with van der Waals surface area (Å²) in [4.78, 5) is 2.16. The van der Waals surface area contributed by atoms with Crippen molar-refractivity contribution in [3.8, 4) is 17.2 Å². The molecule has 0 aromatic heterocycles. The van der Waals surface area contributed by atoms with Crippen LogP contribution in [0.25, 0.3) is 0 Å². The Morgan fingerprint density at radius 3 is 2.21 bits per heavy atom. The maximum atomic E-state index is 12.4. The van der Waals surface area contributed by atoms with E-state index >= 15 is 0 Å². The molecule has 0 aliphatic carbocycles. The van der Waals surface area contributed by atoms with Crippen LogP contribution in [-0.4, -0.2) is 49.7 Å². The fourth-order valence-electron chi connectivity index (χ4n) is 3.34. The monoisotopic (exact) mass is 454 g/mol. The van der Waals surface area contributed by atoms with Gasteiger partial charge in [0, 0.05) is 26.2 Å². The molecule has 1 aliphatic heterocycles. The lowest BCUT2D eigenvalue weighted by Crippen LogP contribution is -2.45. The van der Waals surface area contributed by atoms with Gasteiger partial charge in [0.1, 0.15) is 17.2 Å². The third-order valence-electron chi connectivity index (χ3n) is 4.48. The highest BCUT2D eigenvalue weighted by Gasteiger charge is 2.32. The van der Waals surface area contributed by atoms with Crippen LogP contribution in [0.2, 0.25) is 0 Å². The third kappa shape index (κ3) is 6.30. The molecule has 0 bridgehead atoms. The molecule has 0 amide bonds. The van der Waals surface area contributed by atoms with E-state index in [0.29, 0.717) is 11.3 Å². The van der Waals surface area contributed by atoms with Gasteiger partial charge >= 0.3 is 6.36 Å². The largest absolute Gasteiger partial charge is 0.573 e. The van der Waals surface area contributed by atoms with Crippen molar-refractivity contribution in [1.29, 1.82) is 0 Å². The molecule has 2 aromatic rings. The molecule has 0 radical (unpaired) electrons. The molecule has 0 unspecified atom stereocenters. The molecule has 29 heavy (non-hydrogen) atoms. The molecule has 1 fully saturated rings. The molecular formula is C19H23Cl2F3N2O3. The number of nitrogens with zero attached hydrogens (tertiary/aromatic N) is 1. The van der Waals surface area contributed by atoms with E-state index in [9.17, 15) is 18.3 Å². The summed E-state index contributed by atoms with van der Waals surface area (Å²) in [5.74, 6) is 0.317. The van der Waals surface area contributed by atoms with Gasteiger partial charge in [-0.05, 0) is 29.8 Å². The summed E-state index contributed by atoms with van der Waals surface area (Å²) in [5, 5.41) is 13.8. The highest BCUT2D eigenvalue weighted by atomic mass is 35.5. The normalized spacial score (nSPS) is 15.6. The zero-order valence-corrected chi connectivity index (χ0v) is 17.2. The fourth-order valence-corrected chi connectivity index (χ4v) is 3.34. The molecule has 0 saturated carbocycles. The van der Waals surface area contributed by atoms with Gasteiger partial charge in [-0.2, -0.15) is 0 Å². The van der Waals surface area contributed by atoms with Crippen LogP contribution in [0.5, 0.6) is 17.2 Å². The van der Waals surface area contributed by atoms with Gasteiger partial charge in [0.2, 0.25) is 0 Å². The van der Waals surface area contributed by atoms with Crippen molar-refractivity contribution in [2.45, 2.75) is 12.4 Å². The van der Waals surface area contributed by atoms with E-state index in [1.54, 1.807) is 30.3 Å². The highest BCUT2D eigenvalue weighted by Crippen LogP contribution is 2.41. The highest BCUT2D eigenvalue weighted by molar-refractivity contribution is 5.85. The lowest BCUT2D eigenvalue weighted by molar-refractivity contribution is -0.274. The Labute approximate surface area is 179 Å². The van der Waals surface area contributed by atoms with Crippen LogP contribution >= 0.6 is 24.8 Å². The zero-order valence-electron chi connectivity index (χ0n) is 15.6. The SMILES string of the molecule is COc1cccc(O)c1[C@@H](c1ccc(OC(F)(F)F)cc1)N1CCNCC1.Cl.Cl. The van der Waals surface area contributed by atoms with Crippen molar-refractivity contribution in [3.05, 3.63) is 53.6 Å². The van der Waals surface area contributed by atoms with Crippen LogP contribution < -0.4 is 14.8 Å². The van der Waals surface area contributed by atoms with Gasteiger partial charge in [-0.1, -0.05) is 18.2 Å². The van der Waals surface area contributed by atoms with Gasteiger partial charge in [-0.25, -0.2) is 0 Å². The van der Waals surface area contributed by atoms with Crippen LogP contribution in [-0.2, 0) is 0 Å². The molecule has 1 heterocycles. The van der Waals surface area contributed by atoms with Crippen molar-refractivity contribution in [2.75, 3.05) is 33.3 Å². The number of aromatic hydroxyl groups is 1. The standard InChI is InChI=1S/C19H21F3N2O3.2ClH/c1-26-16-4-2-3-15(25)17(16)18(24-11-9-23-10-12-24)13-5-7-14(8-6-13)27-19(20,21)22;;/h2-8,18,23,25H,9-12H2,1H3;2*1H/t18-;;/m1../s1. The maximum Gasteiger partial charge on any atom is 0.573 e. The fraction of sp³-hybridized carbons (Fsp3) is 0.368. The molecule has 10 heteroatoms. The number of phenolic OH excluding ortho intramolecular Hbond substituents is 1. The quantitative estimate of drug-likeness (QED) is 0.710. The van der Waals surface area contributed by atoms with E-state index in [0.717, 1.165) is 31.7 Å². The second-order valence-electron chi connectivity index (χ2n) is 6.20. The van der Waals surface area contributed by atoms with Crippen LogP contribution in [0, 0.1) is 0 Å². The number of methoxy groups -OCH3 is 1. The smallest absolute Gasteiger partial charge is 0.507 e. The van der Waals surface area contributed by atoms with Gasteiger partial charge in [-0.15, -0.1) is 38.0 Å². The second kappa shape index (κ2) is 10.8. The molecule has 0 spiro atoms. The molecule has 5 nitrogen and oxygen atoms in total. The molecule has 162 valence electrons. The number of hydrogen-bond acceptors (Lipinski definition) is 5. The third-order valence-corrected chi connectivity index (χ3v) is 4.48. The van der Waals surface area contributed by atoms with Gasteiger partial charge < -0.3 is 19.9 Å². The Bertz CT molecular complexity index is 770. The predicted octanol–water partition coefficient (Wildman–Crippen LogP) is 4.14. The Kier molecular flexibility index (Phi) is 9.35. The Balaban J connectivity index is 0.00000210. The zero-order chi connectivity index (χ0) is 19.4. The van der Waals surface area contributed by atoms with Gasteiger partial charge in [0.05, 0.1) is 18.7 Å². The summed E-state index contributed by atoms with van der Waals surface area (Å²) in [6.07, 6.45) is -4.74. The number of piperazine rings is 1. The molecule has 3 rings (SSSR count). The maximum absolute atomic E-state index is 12.4. The van der Waals surface area contributed by atoms with Crippen LogP contribution in [0.1, 0.15) is 17.2 Å². The Morgan fingerprint density at radius 2 is 1.66 bits per heavy atom. The van der Waals surface area contributed by atoms with E-state index in [4.69, 9.17) is 4.74 Å². The van der Waals surface area contributed by atoms with E-state index in [2.05, 4.69) is 15.0 Å². The minimum atomic E-state index is -4.74. The van der Waals surface area contributed by atoms with Crippen molar-refractivity contribution in [3.63, 3.8) is 0 Å². The average Bonchev–Trinajstić information content (AvgIpc) is 2.64. The van der Waals surface area contributed by atoms with Gasteiger partial charge in [0.25, 0.3) is 0 Å². The summed E-state index contributed by atoms with van der Waals surface area (Å²) in [5.41, 5.74) is 1.33. The number of benzene rings is 2. The van der Waals surface area contributed by atoms with Crippen LogP contribution in [0.3, 0.4) is 0 Å². The van der Waals surface area contributed by atoms with E-state index in [1.165, 1.54) is 19.2 Å². The Morgan fingerprint density at radius 1 is 1.03 bits per heavy atom. The second-order valence-corrected chi connectivity index (χ2v) is 6.20. The number of halogens is 5. The Hall–Kier alpha value is -1.87.